The molecule has 3 N–H and O–H groups in total. The number of carbonyl (C=O) groups is 3. The van der Waals surface area contributed by atoms with Gasteiger partial charge in [0, 0.05) is 25.8 Å². The van der Waals surface area contributed by atoms with E-state index in [0.717, 1.165) is 37.7 Å². The molecular formula is C23H25F6N3O7. The zero-order valence-corrected chi connectivity index (χ0v) is 20.1. The Balaban J connectivity index is 0.000000317. The molecule has 0 radical (unpaired) electrons. The zero-order chi connectivity index (χ0) is 29.2. The van der Waals surface area contributed by atoms with Crippen LogP contribution in [-0.2, 0) is 32.2 Å². The van der Waals surface area contributed by atoms with E-state index in [-0.39, 0.29) is 11.8 Å². The summed E-state index contributed by atoms with van der Waals surface area (Å²) >= 11 is 0. The first-order valence-electron chi connectivity index (χ1n) is 11.3. The van der Waals surface area contributed by atoms with Crippen molar-refractivity contribution in [1.82, 2.24) is 15.2 Å². The van der Waals surface area contributed by atoms with Gasteiger partial charge in [0.1, 0.15) is 5.76 Å². The SMILES string of the molecule is O=C(NCc1ccco1)[C@H]1COC[C@H]2CN(Cc3ccccn3)C[C@H]21.O=C(O)C(F)(F)F.O=C(O)C(F)(F)F. The Morgan fingerprint density at radius 1 is 0.974 bits per heavy atom. The van der Waals surface area contributed by atoms with Gasteiger partial charge in [-0.1, -0.05) is 6.07 Å². The van der Waals surface area contributed by atoms with E-state index in [9.17, 15) is 31.1 Å². The number of pyridine rings is 1. The summed E-state index contributed by atoms with van der Waals surface area (Å²) in [5, 5.41) is 17.2. The van der Waals surface area contributed by atoms with Crippen molar-refractivity contribution in [3.63, 3.8) is 0 Å². The topological polar surface area (TPSA) is 142 Å². The number of likely N-dealkylation sites (tertiary alicyclic amines) is 1. The third kappa shape index (κ3) is 10.6. The van der Waals surface area contributed by atoms with Crippen LogP contribution in [0.4, 0.5) is 26.3 Å². The molecule has 4 heterocycles. The summed E-state index contributed by atoms with van der Waals surface area (Å²) in [6.07, 6.45) is -6.72. The first-order chi connectivity index (χ1) is 18.2. The molecule has 2 aromatic heterocycles. The van der Waals surface area contributed by atoms with E-state index in [4.69, 9.17) is 29.0 Å². The molecule has 4 rings (SSSR count). The van der Waals surface area contributed by atoms with E-state index in [1.165, 1.54) is 0 Å². The fraction of sp³-hybridized carbons (Fsp3) is 0.478. The average molecular weight is 569 g/mol. The van der Waals surface area contributed by atoms with Gasteiger partial charge in [-0.25, -0.2) is 9.59 Å². The Bertz CT molecular complexity index is 1040. The molecule has 0 aliphatic carbocycles. The number of carboxylic acids is 2. The number of rotatable bonds is 5. The van der Waals surface area contributed by atoms with E-state index in [0.29, 0.717) is 25.0 Å². The molecule has 2 aromatic rings. The lowest BCUT2D eigenvalue weighted by molar-refractivity contribution is -0.193. The fourth-order valence-electron chi connectivity index (χ4n) is 3.93. The van der Waals surface area contributed by atoms with Crippen molar-refractivity contribution in [3.8, 4) is 0 Å². The van der Waals surface area contributed by atoms with Crippen LogP contribution in [0.15, 0.2) is 47.2 Å². The molecule has 3 atom stereocenters. The first kappa shape index (κ1) is 31.6. The van der Waals surface area contributed by atoms with Gasteiger partial charge in [-0.05, 0) is 36.1 Å². The zero-order valence-electron chi connectivity index (χ0n) is 20.1. The van der Waals surface area contributed by atoms with Crippen LogP contribution >= 0.6 is 0 Å². The second-order valence-electron chi connectivity index (χ2n) is 8.49. The summed E-state index contributed by atoms with van der Waals surface area (Å²) in [5.74, 6) is -4.02. The van der Waals surface area contributed by atoms with Crippen molar-refractivity contribution in [2.45, 2.75) is 25.4 Å². The van der Waals surface area contributed by atoms with Gasteiger partial charge < -0.3 is 24.7 Å². The predicted molar refractivity (Wildman–Crippen MR) is 119 cm³/mol. The number of carboxylic acid groups (broad SMARTS) is 2. The minimum Gasteiger partial charge on any atom is -0.475 e. The normalized spacial score (nSPS) is 20.9. The van der Waals surface area contributed by atoms with Gasteiger partial charge in [-0.2, -0.15) is 26.3 Å². The van der Waals surface area contributed by atoms with Gasteiger partial charge in [0.05, 0.1) is 37.6 Å². The molecule has 2 aliphatic heterocycles. The fourth-order valence-corrected chi connectivity index (χ4v) is 3.93. The van der Waals surface area contributed by atoms with Gasteiger partial charge in [-0.3, -0.25) is 14.7 Å². The molecule has 0 unspecified atom stereocenters. The van der Waals surface area contributed by atoms with Crippen molar-refractivity contribution in [2.75, 3.05) is 26.3 Å². The second-order valence-corrected chi connectivity index (χ2v) is 8.49. The van der Waals surface area contributed by atoms with Crippen LogP contribution in [0.25, 0.3) is 0 Å². The number of aromatic nitrogens is 1. The van der Waals surface area contributed by atoms with Crippen molar-refractivity contribution in [3.05, 3.63) is 54.2 Å². The molecule has 2 aliphatic rings. The summed E-state index contributed by atoms with van der Waals surface area (Å²) in [5.41, 5.74) is 1.07. The summed E-state index contributed by atoms with van der Waals surface area (Å²) < 4.78 is 74.5. The average Bonchev–Trinajstić information content (AvgIpc) is 3.52. The van der Waals surface area contributed by atoms with E-state index in [1.807, 2.05) is 36.5 Å². The van der Waals surface area contributed by atoms with Crippen molar-refractivity contribution >= 4 is 17.8 Å². The van der Waals surface area contributed by atoms with Gasteiger partial charge in [0.2, 0.25) is 5.91 Å². The van der Waals surface area contributed by atoms with E-state index >= 15 is 0 Å². The highest BCUT2D eigenvalue weighted by molar-refractivity contribution is 5.79. The summed E-state index contributed by atoms with van der Waals surface area (Å²) in [7, 11) is 0. The van der Waals surface area contributed by atoms with Crippen LogP contribution in [-0.4, -0.2) is 76.6 Å². The first-order valence-corrected chi connectivity index (χ1v) is 11.3. The Labute approximate surface area is 217 Å². The molecule has 2 saturated heterocycles. The van der Waals surface area contributed by atoms with Gasteiger partial charge >= 0.3 is 24.3 Å². The summed E-state index contributed by atoms with van der Waals surface area (Å²) in [6.45, 7) is 4.38. The van der Waals surface area contributed by atoms with Crippen LogP contribution in [0.2, 0.25) is 0 Å². The number of fused-ring (bicyclic) bond motifs is 1. The molecule has 0 bridgehead atoms. The molecule has 10 nitrogen and oxygen atoms in total. The van der Waals surface area contributed by atoms with E-state index in [2.05, 4.69) is 15.2 Å². The van der Waals surface area contributed by atoms with E-state index < -0.39 is 24.3 Å². The molecule has 2 fully saturated rings. The van der Waals surface area contributed by atoms with Crippen LogP contribution < -0.4 is 5.32 Å². The maximum Gasteiger partial charge on any atom is 0.490 e. The standard InChI is InChI=1S/C19H23N3O3.2C2HF3O2/c23-19(21-8-16-5-3-7-25-16)18-13-24-12-14-9-22(11-17(14)18)10-15-4-1-2-6-20-15;2*3-2(4,5)1(6)7/h1-7,14,17-18H,8-13H2,(H,21,23);2*(H,6,7)/t14-,17-,18+;;/m1../s1. The molecule has 0 spiro atoms. The lowest BCUT2D eigenvalue weighted by Crippen LogP contribution is -2.44. The molecule has 0 aromatic carbocycles. The Kier molecular flexibility index (Phi) is 11.3. The number of nitrogens with zero attached hydrogens (tertiary/aromatic N) is 2. The Morgan fingerprint density at radius 2 is 1.62 bits per heavy atom. The van der Waals surface area contributed by atoms with Crippen LogP contribution in [0.1, 0.15) is 11.5 Å². The number of hydrogen-bond acceptors (Lipinski definition) is 7. The maximum atomic E-state index is 12.6. The van der Waals surface area contributed by atoms with Crippen molar-refractivity contribution in [1.29, 1.82) is 0 Å². The number of alkyl halides is 6. The van der Waals surface area contributed by atoms with Crippen LogP contribution in [0, 0.1) is 17.8 Å². The smallest absolute Gasteiger partial charge is 0.475 e. The molecule has 0 saturated carbocycles. The minimum absolute atomic E-state index is 0.0609. The molecule has 1 amide bonds. The summed E-state index contributed by atoms with van der Waals surface area (Å²) in [6, 6.07) is 9.68. The number of furan rings is 1. The number of ether oxygens (including phenoxy) is 1. The van der Waals surface area contributed by atoms with Crippen molar-refractivity contribution < 1.29 is 60.1 Å². The molecule has 39 heavy (non-hydrogen) atoms. The molecular weight excluding hydrogens is 544 g/mol. The van der Waals surface area contributed by atoms with Crippen molar-refractivity contribution in [2.24, 2.45) is 17.8 Å². The summed E-state index contributed by atoms with van der Waals surface area (Å²) in [4.78, 5) is 37.2. The molecule has 216 valence electrons. The number of aliphatic carboxylic acids is 2. The third-order valence-corrected chi connectivity index (χ3v) is 5.66. The van der Waals surface area contributed by atoms with Gasteiger partial charge in [0.15, 0.2) is 0 Å². The lowest BCUT2D eigenvalue weighted by atomic mass is 9.82. The maximum absolute atomic E-state index is 12.6. The Morgan fingerprint density at radius 3 is 2.13 bits per heavy atom. The number of hydrogen-bond donors (Lipinski definition) is 3. The Hall–Kier alpha value is -3.66. The number of carbonyl (C=O) groups excluding carboxylic acids is 1. The largest absolute Gasteiger partial charge is 0.490 e. The lowest BCUT2D eigenvalue weighted by Gasteiger charge is -2.31. The molecule has 16 heteroatoms. The van der Waals surface area contributed by atoms with E-state index in [1.54, 1.807) is 6.26 Å². The van der Waals surface area contributed by atoms with Crippen LogP contribution in [0.5, 0.6) is 0 Å². The highest BCUT2D eigenvalue weighted by Crippen LogP contribution is 2.34. The highest BCUT2D eigenvalue weighted by Gasteiger charge is 2.44. The predicted octanol–water partition coefficient (Wildman–Crippen LogP) is 2.95. The quantitative estimate of drug-likeness (QED) is 0.464. The van der Waals surface area contributed by atoms with Crippen LogP contribution in [0.3, 0.4) is 0 Å². The number of halogens is 6. The van der Waals surface area contributed by atoms with Gasteiger partial charge in [0.25, 0.3) is 0 Å². The number of nitrogens with one attached hydrogen (secondary N) is 1. The minimum atomic E-state index is -5.08. The van der Waals surface area contributed by atoms with Gasteiger partial charge in [-0.15, -0.1) is 0 Å². The highest BCUT2D eigenvalue weighted by atomic mass is 19.4. The number of amides is 1. The third-order valence-electron chi connectivity index (χ3n) is 5.66. The monoisotopic (exact) mass is 569 g/mol. The second kappa shape index (κ2) is 13.9.